The van der Waals surface area contributed by atoms with Crippen molar-refractivity contribution in [3.8, 4) is 0 Å². The summed E-state index contributed by atoms with van der Waals surface area (Å²) in [5.41, 5.74) is 4.49. The zero-order valence-corrected chi connectivity index (χ0v) is 11.5. The fraction of sp³-hybridized carbons (Fsp3) is 0.154. The first-order valence-electron chi connectivity index (χ1n) is 6.16. The van der Waals surface area contributed by atoms with Gasteiger partial charge >= 0.3 is 0 Å². The Morgan fingerprint density at radius 1 is 1.25 bits per heavy atom. The number of hydrogen-bond acceptors (Lipinski definition) is 5. The monoisotopic (exact) mass is 290 g/mol. The van der Waals surface area contributed by atoms with Crippen LogP contribution in [-0.4, -0.2) is 19.9 Å². The number of rotatable bonds is 3. The predicted octanol–water partition coefficient (Wildman–Crippen LogP) is 1.12. The standard InChI is InChI=1S/C13H14N4O2S/c14-16-11-5-7-15-9-13(11)20(18,19)17-8-6-10-3-1-2-4-12(10)17/h1-5,7,9H,6,8,14H2,(H,15,16). The highest BCUT2D eigenvalue weighted by molar-refractivity contribution is 7.93. The maximum Gasteiger partial charge on any atom is 0.267 e. The molecule has 104 valence electrons. The van der Waals surface area contributed by atoms with Crippen LogP contribution in [-0.2, 0) is 16.4 Å². The SMILES string of the molecule is NNc1ccncc1S(=O)(=O)N1CCc2ccccc21. The number of hydrazine groups is 1. The summed E-state index contributed by atoms with van der Waals surface area (Å²) in [6.07, 6.45) is 3.51. The molecule has 1 aliphatic rings. The van der Waals surface area contributed by atoms with Crippen LogP contribution in [0.2, 0.25) is 0 Å². The van der Waals surface area contributed by atoms with Crippen molar-refractivity contribution in [2.24, 2.45) is 5.84 Å². The van der Waals surface area contributed by atoms with Gasteiger partial charge in [0.05, 0.1) is 11.4 Å². The van der Waals surface area contributed by atoms with Crippen molar-refractivity contribution in [1.29, 1.82) is 0 Å². The molecule has 3 rings (SSSR count). The first-order chi connectivity index (χ1) is 9.64. The third-order valence-corrected chi connectivity index (χ3v) is 5.19. The fourth-order valence-corrected chi connectivity index (χ4v) is 3.99. The van der Waals surface area contributed by atoms with Crippen molar-refractivity contribution in [2.45, 2.75) is 11.3 Å². The van der Waals surface area contributed by atoms with E-state index in [0.29, 0.717) is 18.7 Å². The Balaban J connectivity index is 2.10. The molecule has 6 nitrogen and oxygen atoms in total. The van der Waals surface area contributed by atoms with E-state index in [0.717, 1.165) is 11.3 Å². The number of nitrogens with zero attached hydrogens (tertiary/aromatic N) is 2. The third-order valence-electron chi connectivity index (χ3n) is 3.35. The number of sulfonamides is 1. The minimum atomic E-state index is -3.67. The molecule has 2 aromatic rings. The lowest BCUT2D eigenvalue weighted by molar-refractivity contribution is 0.592. The summed E-state index contributed by atoms with van der Waals surface area (Å²) in [5, 5.41) is 0. The number of nitrogen functional groups attached to an aromatic ring is 1. The summed E-state index contributed by atoms with van der Waals surface area (Å²) in [7, 11) is -3.67. The summed E-state index contributed by atoms with van der Waals surface area (Å²) in [5.74, 6) is 5.38. The molecule has 2 heterocycles. The van der Waals surface area contributed by atoms with Crippen LogP contribution < -0.4 is 15.6 Å². The molecule has 7 heteroatoms. The predicted molar refractivity (Wildman–Crippen MR) is 76.7 cm³/mol. The van der Waals surface area contributed by atoms with E-state index >= 15 is 0 Å². The van der Waals surface area contributed by atoms with Gasteiger partial charge in [0, 0.05) is 18.9 Å². The van der Waals surface area contributed by atoms with E-state index in [1.807, 2.05) is 24.3 Å². The van der Waals surface area contributed by atoms with Gasteiger partial charge in [0.25, 0.3) is 10.0 Å². The van der Waals surface area contributed by atoms with E-state index in [2.05, 4.69) is 10.4 Å². The molecule has 1 aromatic heterocycles. The van der Waals surface area contributed by atoms with Gasteiger partial charge in [-0.2, -0.15) is 0 Å². The number of benzene rings is 1. The van der Waals surface area contributed by atoms with Gasteiger partial charge in [0.15, 0.2) is 0 Å². The number of fused-ring (bicyclic) bond motifs is 1. The van der Waals surface area contributed by atoms with Gasteiger partial charge in [-0.3, -0.25) is 15.1 Å². The molecule has 3 N–H and O–H groups in total. The van der Waals surface area contributed by atoms with Gasteiger partial charge in [-0.15, -0.1) is 0 Å². The van der Waals surface area contributed by atoms with Crippen LogP contribution in [0.25, 0.3) is 0 Å². The van der Waals surface area contributed by atoms with Crippen molar-refractivity contribution >= 4 is 21.4 Å². The number of aromatic nitrogens is 1. The lowest BCUT2D eigenvalue weighted by Gasteiger charge is -2.20. The lowest BCUT2D eigenvalue weighted by Crippen LogP contribution is -2.30. The second-order valence-electron chi connectivity index (χ2n) is 4.47. The lowest BCUT2D eigenvalue weighted by atomic mass is 10.2. The number of pyridine rings is 1. The molecular weight excluding hydrogens is 276 g/mol. The minimum absolute atomic E-state index is 0.0826. The van der Waals surface area contributed by atoms with Gasteiger partial charge in [0.1, 0.15) is 4.90 Å². The van der Waals surface area contributed by atoms with Gasteiger partial charge in [0.2, 0.25) is 0 Å². The van der Waals surface area contributed by atoms with Crippen molar-refractivity contribution in [1.82, 2.24) is 4.98 Å². The number of para-hydroxylation sites is 1. The van der Waals surface area contributed by atoms with E-state index < -0.39 is 10.0 Å². The van der Waals surface area contributed by atoms with E-state index in [-0.39, 0.29) is 4.90 Å². The molecule has 1 aliphatic heterocycles. The molecule has 0 amide bonds. The summed E-state index contributed by atoms with van der Waals surface area (Å²) >= 11 is 0. The molecule has 1 aromatic carbocycles. The van der Waals surface area contributed by atoms with Crippen molar-refractivity contribution in [3.05, 3.63) is 48.3 Å². The molecule has 0 aliphatic carbocycles. The number of hydrogen-bond donors (Lipinski definition) is 2. The quantitative estimate of drug-likeness (QED) is 0.653. The summed E-state index contributed by atoms with van der Waals surface area (Å²) in [4.78, 5) is 3.97. The fourth-order valence-electron chi connectivity index (χ4n) is 2.38. The Morgan fingerprint density at radius 3 is 2.85 bits per heavy atom. The Bertz CT molecular complexity index is 746. The van der Waals surface area contributed by atoms with E-state index in [1.54, 1.807) is 0 Å². The molecule has 0 unspecified atom stereocenters. The first-order valence-corrected chi connectivity index (χ1v) is 7.60. The zero-order chi connectivity index (χ0) is 14.2. The average molecular weight is 290 g/mol. The van der Waals surface area contributed by atoms with Crippen molar-refractivity contribution in [3.63, 3.8) is 0 Å². The van der Waals surface area contributed by atoms with Crippen molar-refractivity contribution in [2.75, 3.05) is 16.3 Å². The van der Waals surface area contributed by atoms with Crippen LogP contribution in [0.1, 0.15) is 5.56 Å². The Labute approximate surface area is 117 Å². The molecule has 0 atom stereocenters. The Morgan fingerprint density at radius 2 is 2.05 bits per heavy atom. The molecule has 0 spiro atoms. The van der Waals surface area contributed by atoms with Gasteiger partial charge in [-0.1, -0.05) is 18.2 Å². The number of nitrogens with one attached hydrogen (secondary N) is 1. The smallest absolute Gasteiger partial charge is 0.267 e. The van der Waals surface area contributed by atoms with Crippen LogP contribution in [0.5, 0.6) is 0 Å². The van der Waals surface area contributed by atoms with Crippen LogP contribution in [0.4, 0.5) is 11.4 Å². The molecule has 0 bridgehead atoms. The second-order valence-corrected chi connectivity index (χ2v) is 6.30. The zero-order valence-electron chi connectivity index (χ0n) is 10.7. The highest BCUT2D eigenvalue weighted by atomic mass is 32.2. The highest BCUT2D eigenvalue weighted by Crippen LogP contribution is 2.34. The Hall–Kier alpha value is -2.12. The second kappa shape index (κ2) is 4.77. The summed E-state index contributed by atoms with van der Waals surface area (Å²) in [6, 6.07) is 9.03. The van der Waals surface area contributed by atoms with Crippen LogP contribution >= 0.6 is 0 Å². The summed E-state index contributed by atoms with van der Waals surface area (Å²) in [6.45, 7) is 0.431. The normalized spacial score (nSPS) is 14.2. The highest BCUT2D eigenvalue weighted by Gasteiger charge is 2.32. The number of anilines is 2. The maximum absolute atomic E-state index is 12.8. The number of nitrogens with two attached hydrogens (primary N) is 1. The van der Waals surface area contributed by atoms with Gasteiger partial charge in [-0.05, 0) is 24.1 Å². The van der Waals surface area contributed by atoms with Crippen LogP contribution in [0.15, 0.2) is 47.6 Å². The maximum atomic E-state index is 12.8. The van der Waals surface area contributed by atoms with E-state index in [1.165, 1.54) is 22.8 Å². The van der Waals surface area contributed by atoms with Gasteiger partial charge < -0.3 is 5.43 Å². The topological polar surface area (TPSA) is 88.3 Å². The molecule has 0 radical (unpaired) electrons. The first kappa shape index (κ1) is 12.9. The summed E-state index contributed by atoms with van der Waals surface area (Å²) < 4.78 is 26.9. The van der Waals surface area contributed by atoms with E-state index in [9.17, 15) is 8.42 Å². The molecule has 20 heavy (non-hydrogen) atoms. The minimum Gasteiger partial charge on any atom is -0.323 e. The molecular formula is C13H14N4O2S. The van der Waals surface area contributed by atoms with Crippen molar-refractivity contribution < 1.29 is 8.42 Å². The largest absolute Gasteiger partial charge is 0.323 e. The van der Waals surface area contributed by atoms with Gasteiger partial charge in [-0.25, -0.2) is 8.42 Å². The van der Waals surface area contributed by atoms with Crippen LogP contribution in [0.3, 0.4) is 0 Å². The molecule has 0 fully saturated rings. The molecule has 0 saturated heterocycles. The average Bonchev–Trinajstić information content (AvgIpc) is 2.92. The van der Waals surface area contributed by atoms with Crippen LogP contribution in [0, 0.1) is 0 Å². The third kappa shape index (κ3) is 1.91. The Kier molecular flexibility index (Phi) is 3.07. The van der Waals surface area contributed by atoms with E-state index in [4.69, 9.17) is 5.84 Å². The molecule has 0 saturated carbocycles.